The largest absolute Gasteiger partial charge is 0.497 e. The summed E-state index contributed by atoms with van der Waals surface area (Å²) in [5.41, 5.74) is 2.29. The van der Waals surface area contributed by atoms with Gasteiger partial charge in [-0.05, 0) is 48.4 Å². The van der Waals surface area contributed by atoms with Gasteiger partial charge >= 0.3 is 0 Å². The van der Waals surface area contributed by atoms with Gasteiger partial charge in [0.1, 0.15) is 17.3 Å². The number of nitrogens with zero attached hydrogens (tertiary/aromatic N) is 4. The molecule has 1 saturated heterocycles. The van der Waals surface area contributed by atoms with Crippen LogP contribution in [0.2, 0.25) is 0 Å². The fourth-order valence-corrected chi connectivity index (χ4v) is 4.50. The second kappa shape index (κ2) is 10.8. The van der Waals surface area contributed by atoms with E-state index in [-0.39, 0.29) is 17.8 Å². The number of aliphatic hydroxyl groups is 1. The third-order valence-corrected chi connectivity index (χ3v) is 6.47. The topological polar surface area (TPSA) is 80.5 Å². The molecule has 1 aliphatic rings. The molecule has 8 heteroatoms. The monoisotopic (exact) mass is 466 g/mol. The Morgan fingerprint density at radius 1 is 1.15 bits per heavy atom. The van der Waals surface area contributed by atoms with E-state index < -0.39 is 12.1 Å². The number of hydrogen-bond acceptors (Lipinski definition) is 5. The Bertz CT molecular complexity index is 1080. The van der Waals surface area contributed by atoms with Crippen molar-refractivity contribution in [3.63, 3.8) is 0 Å². The fourth-order valence-electron chi connectivity index (χ4n) is 4.50. The lowest BCUT2D eigenvalue weighted by Gasteiger charge is -2.42. The third kappa shape index (κ3) is 5.28. The summed E-state index contributed by atoms with van der Waals surface area (Å²) >= 11 is 0. The third-order valence-electron chi connectivity index (χ3n) is 6.47. The number of rotatable bonds is 8. The molecule has 1 N–H and O–H groups in total. The minimum Gasteiger partial charge on any atom is -0.497 e. The lowest BCUT2D eigenvalue weighted by Crippen LogP contribution is -2.48. The van der Waals surface area contributed by atoms with Crippen molar-refractivity contribution in [3.8, 4) is 17.0 Å². The molecule has 0 aliphatic carbocycles. The Morgan fingerprint density at radius 3 is 2.56 bits per heavy atom. The van der Waals surface area contributed by atoms with Gasteiger partial charge in [-0.15, -0.1) is 5.10 Å². The molecule has 2 heterocycles. The average molecular weight is 467 g/mol. The SMILES string of the molecule is CCCCCC(=O)N1C[C@@H](n2cc(-c3ccc(F)cc3)nn2)[C@H](O)C[C@H]1c1ccc(OC)cc1. The number of benzene rings is 2. The standard InChI is InChI=1S/C26H31FN4O3/c1-3-4-5-6-26(33)30-17-24(25(32)15-23(30)19-9-13-21(34-2)14-10-19)31-16-22(28-29-31)18-7-11-20(27)12-8-18/h7-14,16,23-25,32H,3-6,15,17H2,1-2H3/t23-,24+,25+/m0/s1. The summed E-state index contributed by atoms with van der Waals surface area (Å²) in [6, 6.07) is 13.0. The van der Waals surface area contributed by atoms with E-state index in [1.54, 1.807) is 30.1 Å². The number of aliphatic hydroxyl groups excluding tert-OH is 1. The highest BCUT2D eigenvalue weighted by molar-refractivity contribution is 5.77. The van der Waals surface area contributed by atoms with Crippen molar-refractivity contribution in [2.45, 2.75) is 57.2 Å². The zero-order valence-electron chi connectivity index (χ0n) is 19.6. The average Bonchev–Trinajstić information content (AvgIpc) is 3.34. The van der Waals surface area contributed by atoms with Crippen molar-refractivity contribution in [2.24, 2.45) is 0 Å². The molecular formula is C26H31FN4O3. The quantitative estimate of drug-likeness (QED) is 0.493. The molecule has 7 nitrogen and oxygen atoms in total. The van der Waals surface area contributed by atoms with Crippen LogP contribution in [0, 0.1) is 5.82 Å². The summed E-state index contributed by atoms with van der Waals surface area (Å²) in [6.07, 6.45) is 4.78. The lowest BCUT2D eigenvalue weighted by molar-refractivity contribution is -0.139. The summed E-state index contributed by atoms with van der Waals surface area (Å²) < 4.78 is 20.2. The number of amides is 1. The van der Waals surface area contributed by atoms with E-state index in [9.17, 15) is 14.3 Å². The number of unbranched alkanes of at least 4 members (excludes halogenated alkanes) is 2. The first-order chi connectivity index (χ1) is 16.5. The Balaban J connectivity index is 1.58. The number of likely N-dealkylation sites (tertiary alicyclic amines) is 1. The van der Waals surface area contributed by atoms with Gasteiger partial charge < -0.3 is 14.7 Å². The number of carbonyl (C=O) groups excluding carboxylic acids is 1. The van der Waals surface area contributed by atoms with Crippen LogP contribution in [0.25, 0.3) is 11.3 Å². The minimum absolute atomic E-state index is 0.0741. The first kappa shape index (κ1) is 23.9. The van der Waals surface area contributed by atoms with Crippen molar-refractivity contribution < 1.29 is 19.0 Å². The van der Waals surface area contributed by atoms with Gasteiger partial charge in [0.25, 0.3) is 0 Å². The van der Waals surface area contributed by atoms with Gasteiger partial charge in [0, 0.05) is 24.9 Å². The van der Waals surface area contributed by atoms with Crippen molar-refractivity contribution in [3.05, 3.63) is 66.1 Å². The molecule has 3 aromatic rings. The Morgan fingerprint density at radius 2 is 1.88 bits per heavy atom. The summed E-state index contributed by atoms with van der Waals surface area (Å²) in [4.78, 5) is 15.1. The lowest BCUT2D eigenvalue weighted by atomic mass is 9.90. The maximum atomic E-state index is 13.3. The number of hydrogen-bond donors (Lipinski definition) is 1. The first-order valence-corrected chi connectivity index (χ1v) is 11.8. The molecule has 0 radical (unpaired) electrons. The van der Waals surface area contributed by atoms with Crippen LogP contribution in [-0.2, 0) is 4.79 Å². The summed E-state index contributed by atoms with van der Waals surface area (Å²) in [5, 5.41) is 19.5. The second-order valence-electron chi connectivity index (χ2n) is 8.75. The van der Waals surface area contributed by atoms with Gasteiger partial charge in [-0.1, -0.05) is 37.1 Å². The maximum absolute atomic E-state index is 13.3. The molecule has 2 aromatic carbocycles. The molecule has 0 unspecified atom stereocenters. The summed E-state index contributed by atoms with van der Waals surface area (Å²) in [6.45, 7) is 2.44. The summed E-state index contributed by atoms with van der Waals surface area (Å²) in [5.74, 6) is 0.500. The van der Waals surface area contributed by atoms with Gasteiger partial charge in [0.15, 0.2) is 0 Å². The molecule has 34 heavy (non-hydrogen) atoms. The molecule has 0 bridgehead atoms. The number of halogens is 1. The molecular weight excluding hydrogens is 435 g/mol. The Kier molecular flexibility index (Phi) is 7.57. The van der Waals surface area contributed by atoms with Crippen LogP contribution in [0.4, 0.5) is 4.39 Å². The Hall–Kier alpha value is -3.26. The zero-order valence-corrected chi connectivity index (χ0v) is 19.6. The maximum Gasteiger partial charge on any atom is 0.223 e. The van der Waals surface area contributed by atoms with E-state index in [0.29, 0.717) is 25.1 Å². The normalized spacial score (nSPS) is 20.4. The predicted octanol–water partition coefficient (Wildman–Crippen LogP) is 4.55. The second-order valence-corrected chi connectivity index (χ2v) is 8.75. The highest BCUT2D eigenvalue weighted by atomic mass is 19.1. The van der Waals surface area contributed by atoms with E-state index in [4.69, 9.17) is 4.74 Å². The van der Waals surface area contributed by atoms with E-state index in [0.717, 1.165) is 36.1 Å². The van der Waals surface area contributed by atoms with Crippen molar-refractivity contribution in [2.75, 3.05) is 13.7 Å². The van der Waals surface area contributed by atoms with E-state index in [2.05, 4.69) is 17.2 Å². The molecule has 1 amide bonds. The van der Waals surface area contributed by atoms with Crippen molar-refractivity contribution in [1.29, 1.82) is 0 Å². The summed E-state index contributed by atoms with van der Waals surface area (Å²) in [7, 11) is 1.62. The number of piperidine rings is 1. The van der Waals surface area contributed by atoms with Crippen LogP contribution in [0.1, 0.15) is 56.7 Å². The van der Waals surface area contributed by atoms with Crippen LogP contribution in [0.5, 0.6) is 5.75 Å². The van der Waals surface area contributed by atoms with Gasteiger partial charge in [0.2, 0.25) is 5.91 Å². The van der Waals surface area contributed by atoms with Crippen LogP contribution >= 0.6 is 0 Å². The van der Waals surface area contributed by atoms with E-state index in [1.165, 1.54) is 12.1 Å². The molecule has 0 spiro atoms. The van der Waals surface area contributed by atoms with Crippen LogP contribution < -0.4 is 4.74 Å². The number of aromatic nitrogens is 3. The molecule has 4 rings (SSSR count). The van der Waals surface area contributed by atoms with Gasteiger partial charge in [-0.25, -0.2) is 9.07 Å². The Labute approximate surface area is 199 Å². The fraction of sp³-hybridized carbons (Fsp3) is 0.423. The molecule has 1 fully saturated rings. The first-order valence-electron chi connectivity index (χ1n) is 11.8. The zero-order chi connectivity index (χ0) is 24.1. The van der Waals surface area contributed by atoms with Crippen LogP contribution in [0.3, 0.4) is 0 Å². The van der Waals surface area contributed by atoms with Gasteiger partial charge in [0.05, 0.1) is 31.5 Å². The predicted molar refractivity (Wildman–Crippen MR) is 127 cm³/mol. The van der Waals surface area contributed by atoms with Crippen LogP contribution in [-0.4, -0.2) is 50.7 Å². The highest BCUT2D eigenvalue weighted by Gasteiger charge is 2.39. The number of carbonyl (C=O) groups is 1. The molecule has 180 valence electrons. The molecule has 1 aromatic heterocycles. The number of ether oxygens (including phenoxy) is 1. The number of methoxy groups -OCH3 is 1. The van der Waals surface area contributed by atoms with Crippen LogP contribution in [0.15, 0.2) is 54.7 Å². The van der Waals surface area contributed by atoms with Crippen molar-refractivity contribution >= 4 is 5.91 Å². The van der Waals surface area contributed by atoms with Crippen molar-refractivity contribution in [1.82, 2.24) is 19.9 Å². The van der Waals surface area contributed by atoms with Gasteiger partial charge in [-0.2, -0.15) is 0 Å². The highest BCUT2D eigenvalue weighted by Crippen LogP contribution is 2.37. The molecule has 1 aliphatic heterocycles. The smallest absolute Gasteiger partial charge is 0.223 e. The van der Waals surface area contributed by atoms with E-state index >= 15 is 0 Å². The van der Waals surface area contributed by atoms with E-state index in [1.807, 2.05) is 29.2 Å². The molecule has 0 saturated carbocycles. The van der Waals surface area contributed by atoms with Gasteiger partial charge in [-0.3, -0.25) is 4.79 Å². The molecule has 3 atom stereocenters. The minimum atomic E-state index is -0.713.